The minimum atomic E-state index is -2.00. The van der Waals surface area contributed by atoms with Gasteiger partial charge in [0.25, 0.3) is 5.56 Å². The zero-order chi connectivity index (χ0) is 12.6. The van der Waals surface area contributed by atoms with Gasteiger partial charge in [0.05, 0.1) is 10.6 Å². The van der Waals surface area contributed by atoms with Gasteiger partial charge in [0.1, 0.15) is 0 Å². The maximum atomic E-state index is 11.8. The van der Waals surface area contributed by atoms with Gasteiger partial charge in [-0.3, -0.25) is 9.89 Å². The van der Waals surface area contributed by atoms with Crippen molar-refractivity contribution >= 4 is 11.1 Å². The summed E-state index contributed by atoms with van der Waals surface area (Å²) in [5.41, 5.74) is 2.00. The molecule has 0 aliphatic heterocycles. The normalized spacial score (nSPS) is 11.9. The molecule has 2 rings (SSSR count). The fourth-order valence-corrected chi connectivity index (χ4v) is 1.89. The van der Waals surface area contributed by atoms with Crippen molar-refractivity contribution in [3.05, 3.63) is 45.9 Å². The van der Waals surface area contributed by atoms with Crippen LogP contribution in [0.3, 0.4) is 0 Å². The average Bonchev–Trinajstić information content (AvgIpc) is 2.57. The summed E-state index contributed by atoms with van der Waals surface area (Å²) in [5.74, 6) is 0. The first-order chi connectivity index (χ1) is 8.00. The molecule has 1 unspecified atom stereocenters. The summed E-state index contributed by atoms with van der Waals surface area (Å²) in [5, 5.41) is 2.94. The molecule has 1 aromatic carbocycles. The molecule has 0 saturated carbocycles. The number of rotatable bonds is 2. The second-order valence-corrected chi connectivity index (χ2v) is 4.72. The zero-order valence-electron chi connectivity index (χ0n) is 10.0. The van der Waals surface area contributed by atoms with E-state index in [0.29, 0.717) is 16.1 Å². The van der Waals surface area contributed by atoms with E-state index in [1.807, 2.05) is 6.92 Å². The van der Waals surface area contributed by atoms with Crippen molar-refractivity contribution in [2.75, 3.05) is 0 Å². The molecule has 2 N–H and O–H groups in total. The summed E-state index contributed by atoms with van der Waals surface area (Å²) in [6.45, 7) is 3.58. The minimum Gasteiger partial charge on any atom is -0.302 e. The van der Waals surface area contributed by atoms with Crippen LogP contribution in [0.5, 0.6) is 0 Å². The Morgan fingerprint density at radius 3 is 2.17 bits per heavy atom. The maximum Gasteiger partial charge on any atom is 0.274 e. The molecular weight excluding hydrogens is 329 g/mol. The summed E-state index contributed by atoms with van der Waals surface area (Å²) in [7, 11) is 0. The molecule has 0 saturated heterocycles. The Labute approximate surface area is 132 Å². The molecule has 0 amide bonds. The number of aromatic nitrogens is 2. The van der Waals surface area contributed by atoms with Crippen LogP contribution in [0.2, 0.25) is 0 Å². The van der Waals surface area contributed by atoms with Crippen LogP contribution < -0.4 is 5.56 Å². The fourth-order valence-electron chi connectivity index (χ4n) is 1.52. The summed E-state index contributed by atoms with van der Waals surface area (Å²) < 4.78 is 21.1. The van der Waals surface area contributed by atoms with E-state index in [9.17, 15) is 9.00 Å². The van der Waals surface area contributed by atoms with Crippen LogP contribution in [0.15, 0.2) is 34.0 Å². The maximum absolute atomic E-state index is 11.8. The van der Waals surface area contributed by atoms with Gasteiger partial charge in [-0.1, -0.05) is 0 Å². The number of benzene rings is 1. The van der Waals surface area contributed by atoms with E-state index in [0.717, 1.165) is 5.69 Å². The third-order valence-electron chi connectivity index (χ3n) is 2.66. The van der Waals surface area contributed by atoms with Crippen molar-refractivity contribution in [1.29, 1.82) is 0 Å². The van der Waals surface area contributed by atoms with E-state index in [1.54, 1.807) is 19.1 Å². The van der Waals surface area contributed by atoms with Crippen LogP contribution in [0.1, 0.15) is 11.3 Å². The molecule has 0 fully saturated rings. The van der Waals surface area contributed by atoms with Crippen LogP contribution in [0.25, 0.3) is 5.69 Å². The Morgan fingerprint density at radius 2 is 1.78 bits per heavy atom. The van der Waals surface area contributed by atoms with Gasteiger partial charge in [-0.05, 0) is 38.1 Å². The summed E-state index contributed by atoms with van der Waals surface area (Å²) in [4.78, 5) is 12.1. The molecule has 0 aliphatic carbocycles. The number of aryl methyl sites for hydroxylation is 1. The molecule has 1 radical (unpaired) electrons. The predicted molar refractivity (Wildman–Crippen MR) is 64.9 cm³/mol. The standard InChI is InChI=1S/C11H12N2O3S.Y/c1-7-8(2)12-13(11(7)14)9-3-5-10(6-4-9)17(15)16;/h3-6,12H,1-2H3,(H,15,16);. The molecule has 18 heavy (non-hydrogen) atoms. The monoisotopic (exact) mass is 341 g/mol. The number of hydrogen-bond donors (Lipinski definition) is 2. The first-order valence-corrected chi connectivity index (χ1v) is 6.11. The number of hydrogen-bond acceptors (Lipinski definition) is 2. The third kappa shape index (κ3) is 2.88. The van der Waals surface area contributed by atoms with Crippen LogP contribution >= 0.6 is 0 Å². The number of nitrogens with zero attached hydrogens (tertiary/aromatic N) is 1. The summed E-state index contributed by atoms with van der Waals surface area (Å²) in [6.07, 6.45) is 0. The van der Waals surface area contributed by atoms with Gasteiger partial charge in [0.2, 0.25) is 0 Å². The van der Waals surface area contributed by atoms with Gasteiger partial charge in [-0.25, -0.2) is 8.89 Å². The summed E-state index contributed by atoms with van der Waals surface area (Å²) in [6, 6.07) is 6.28. The van der Waals surface area contributed by atoms with Gasteiger partial charge < -0.3 is 4.55 Å². The van der Waals surface area contributed by atoms with Gasteiger partial charge >= 0.3 is 0 Å². The van der Waals surface area contributed by atoms with Gasteiger partial charge in [0.15, 0.2) is 11.1 Å². The predicted octanol–water partition coefficient (Wildman–Crippen LogP) is 1.36. The third-order valence-corrected chi connectivity index (χ3v) is 3.34. The van der Waals surface area contributed by atoms with Crippen molar-refractivity contribution in [2.24, 2.45) is 0 Å². The molecule has 0 aliphatic rings. The van der Waals surface area contributed by atoms with Gasteiger partial charge in [-0.2, -0.15) is 0 Å². The van der Waals surface area contributed by atoms with Crippen molar-refractivity contribution < 1.29 is 41.5 Å². The molecular formula is C11H12N2O3SY. The van der Waals surface area contributed by atoms with Crippen molar-refractivity contribution in [3.8, 4) is 5.69 Å². The van der Waals surface area contributed by atoms with E-state index >= 15 is 0 Å². The first-order valence-electron chi connectivity index (χ1n) is 5.00. The number of nitrogens with one attached hydrogen (secondary N) is 1. The molecule has 1 atom stereocenters. The zero-order valence-corrected chi connectivity index (χ0v) is 13.7. The van der Waals surface area contributed by atoms with E-state index in [4.69, 9.17) is 4.55 Å². The number of H-pyrrole nitrogens is 1. The minimum absolute atomic E-state index is 0. The van der Waals surface area contributed by atoms with Gasteiger partial charge in [-0.15, -0.1) is 0 Å². The molecule has 93 valence electrons. The van der Waals surface area contributed by atoms with Crippen LogP contribution in [-0.4, -0.2) is 18.5 Å². The summed E-state index contributed by atoms with van der Waals surface area (Å²) >= 11 is -2.00. The Balaban J connectivity index is 0.00000162. The fraction of sp³-hybridized carbons (Fsp3) is 0.182. The van der Waals surface area contributed by atoms with E-state index in [2.05, 4.69) is 5.10 Å². The quantitative estimate of drug-likeness (QED) is 0.810. The average molecular weight is 341 g/mol. The molecule has 5 nitrogen and oxygen atoms in total. The van der Waals surface area contributed by atoms with Crippen molar-refractivity contribution in [2.45, 2.75) is 18.7 Å². The largest absolute Gasteiger partial charge is 0.302 e. The smallest absolute Gasteiger partial charge is 0.274 e. The molecule has 2 aromatic rings. The Kier molecular flexibility index (Phi) is 5.22. The van der Waals surface area contributed by atoms with E-state index in [-0.39, 0.29) is 38.3 Å². The molecule has 1 heterocycles. The Morgan fingerprint density at radius 1 is 1.22 bits per heavy atom. The second kappa shape index (κ2) is 6.06. The molecule has 0 spiro atoms. The van der Waals surface area contributed by atoms with Crippen LogP contribution in [0.4, 0.5) is 0 Å². The van der Waals surface area contributed by atoms with Crippen molar-refractivity contribution in [3.63, 3.8) is 0 Å². The van der Waals surface area contributed by atoms with Gasteiger partial charge in [0, 0.05) is 44.0 Å². The van der Waals surface area contributed by atoms with Crippen LogP contribution in [-0.2, 0) is 43.8 Å². The SMILES string of the molecule is Cc1[nH]n(-c2ccc(S(=O)O)cc2)c(=O)c1C.[Y]. The van der Waals surface area contributed by atoms with E-state index in [1.165, 1.54) is 16.8 Å². The molecule has 1 aromatic heterocycles. The first kappa shape index (κ1) is 15.5. The van der Waals surface area contributed by atoms with Crippen LogP contribution in [0, 0.1) is 13.8 Å². The molecule has 0 bridgehead atoms. The van der Waals surface area contributed by atoms with E-state index < -0.39 is 11.1 Å². The number of aromatic amines is 1. The second-order valence-electron chi connectivity index (χ2n) is 3.75. The molecule has 7 heteroatoms. The Hall–Kier alpha value is -0.556. The van der Waals surface area contributed by atoms with Crippen molar-refractivity contribution in [1.82, 2.24) is 9.78 Å². The topological polar surface area (TPSA) is 75.1 Å². The Bertz CT molecular complexity index is 631.